The zero-order chi connectivity index (χ0) is 9.26. The molecule has 0 aromatic carbocycles. The third-order valence-electron chi connectivity index (χ3n) is 2.33. The summed E-state index contributed by atoms with van der Waals surface area (Å²) in [6.07, 6.45) is 4.19. The van der Waals surface area contributed by atoms with Gasteiger partial charge < -0.3 is 10.1 Å². The van der Waals surface area contributed by atoms with E-state index in [2.05, 4.69) is 9.88 Å². The highest BCUT2D eigenvalue weighted by Crippen LogP contribution is 2.14. The molecule has 2 heterocycles. The minimum atomic E-state index is -0.182. The Kier molecular flexibility index (Phi) is 2.16. The highest BCUT2D eigenvalue weighted by molar-refractivity contribution is 5.76. The van der Waals surface area contributed by atoms with Crippen LogP contribution in [0, 0.1) is 0 Å². The van der Waals surface area contributed by atoms with Gasteiger partial charge in [-0.2, -0.15) is 0 Å². The molecule has 0 aliphatic carbocycles. The number of nitrogens with one attached hydrogen (secondary N) is 1. The van der Waals surface area contributed by atoms with E-state index in [9.17, 15) is 4.79 Å². The molecule has 2 N–H and O–H groups in total. The number of aromatic amines is 1. The largest absolute Gasteiger partial charge is 0.390 e. The molecule has 1 aromatic rings. The van der Waals surface area contributed by atoms with Crippen LogP contribution in [0.25, 0.3) is 0 Å². The molecule has 13 heavy (non-hydrogen) atoms. The Hall–Kier alpha value is -1.13. The van der Waals surface area contributed by atoms with Gasteiger partial charge in [0.1, 0.15) is 0 Å². The number of rotatable bonds is 3. The lowest BCUT2D eigenvalue weighted by atomic mass is 10.1. The number of hydrogen-bond acceptors (Lipinski definition) is 3. The first-order valence-electron chi connectivity index (χ1n) is 4.31. The smallest absolute Gasteiger partial charge is 0.151 e. The van der Waals surface area contributed by atoms with E-state index in [1.807, 2.05) is 6.20 Å². The third kappa shape index (κ3) is 1.64. The van der Waals surface area contributed by atoms with Gasteiger partial charge in [0.05, 0.1) is 6.10 Å². The average molecular weight is 180 g/mol. The van der Waals surface area contributed by atoms with Crippen molar-refractivity contribution in [2.45, 2.75) is 12.6 Å². The van der Waals surface area contributed by atoms with Crippen LogP contribution in [0.15, 0.2) is 12.4 Å². The molecule has 2 rings (SSSR count). The Morgan fingerprint density at radius 3 is 3.00 bits per heavy atom. The predicted molar refractivity (Wildman–Crippen MR) is 47.5 cm³/mol. The summed E-state index contributed by atoms with van der Waals surface area (Å²) in [6.45, 7) is 2.17. The number of aliphatic hydroxyl groups excluding tert-OH is 1. The van der Waals surface area contributed by atoms with E-state index >= 15 is 0 Å². The number of β-amino-alcohol motifs (C(OH)–C–C–N with tert-alkyl or cyclic N) is 1. The number of carbonyl (C=O) groups is 1. The van der Waals surface area contributed by atoms with Gasteiger partial charge in [-0.15, -0.1) is 0 Å². The summed E-state index contributed by atoms with van der Waals surface area (Å²) >= 11 is 0. The van der Waals surface area contributed by atoms with Crippen LogP contribution in [0.2, 0.25) is 0 Å². The molecule has 1 aliphatic heterocycles. The molecular weight excluding hydrogens is 168 g/mol. The fourth-order valence-electron chi connectivity index (χ4n) is 1.57. The van der Waals surface area contributed by atoms with Gasteiger partial charge in [-0.25, -0.2) is 0 Å². The van der Waals surface area contributed by atoms with Crippen molar-refractivity contribution < 1.29 is 9.90 Å². The SMILES string of the molecule is O=Cc1c[nH]cc1CN1CC(O)C1. The van der Waals surface area contributed by atoms with Crippen molar-refractivity contribution in [1.29, 1.82) is 0 Å². The third-order valence-corrected chi connectivity index (χ3v) is 2.33. The number of aldehydes is 1. The molecule has 0 atom stereocenters. The van der Waals surface area contributed by atoms with Gasteiger partial charge in [0, 0.05) is 37.6 Å². The van der Waals surface area contributed by atoms with Crippen LogP contribution in [0.1, 0.15) is 15.9 Å². The van der Waals surface area contributed by atoms with E-state index in [0.717, 1.165) is 18.4 Å². The average Bonchev–Trinajstić information content (AvgIpc) is 2.49. The zero-order valence-corrected chi connectivity index (χ0v) is 7.23. The van der Waals surface area contributed by atoms with E-state index in [4.69, 9.17) is 5.11 Å². The quantitative estimate of drug-likeness (QED) is 0.644. The van der Waals surface area contributed by atoms with E-state index in [1.165, 1.54) is 0 Å². The van der Waals surface area contributed by atoms with Gasteiger partial charge in [0.2, 0.25) is 0 Å². The molecule has 70 valence electrons. The summed E-state index contributed by atoms with van der Waals surface area (Å²) in [5.41, 5.74) is 1.71. The molecule has 0 bridgehead atoms. The van der Waals surface area contributed by atoms with Crippen molar-refractivity contribution >= 4 is 6.29 Å². The van der Waals surface area contributed by atoms with Crippen molar-refractivity contribution in [2.24, 2.45) is 0 Å². The van der Waals surface area contributed by atoms with E-state index in [0.29, 0.717) is 18.7 Å². The monoisotopic (exact) mass is 180 g/mol. The lowest BCUT2D eigenvalue weighted by molar-refractivity contribution is -0.00290. The van der Waals surface area contributed by atoms with Crippen LogP contribution < -0.4 is 0 Å². The van der Waals surface area contributed by atoms with Crippen LogP contribution in [0.3, 0.4) is 0 Å². The summed E-state index contributed by atoms with van der Waals surface area (Å²) in [6, 6.07) is 0. The first-order valence-corrected chi connectivity index (χ1v) is 4.31. The van der Waals surface area contributed by atoms with Crippen molar-refractivity contribution in [3.63, 3.8) is 0 Å². The minimum absolute atomic E-state index is 0.182. The standard InChI is InChI=1S/C9H12N2O2/c12-6-8-2-10-1-7(8)3-11-4-9(13)5-11/h1-2,6,9-10,13H,3-5H2. The second kappa shape index (κ2) is 3.32. The highest BCUT2D eigenvalue weighted by atomic mass is 16.3. The molecule has 0 unspecified atom stereocenters. The summed E-state index contributed by atoms with van der Waals surface area (Å²) in [5.74, 6) is 0. The highest BCUT2D eigenvalue weighted by Gasteiger charge is 2.24. The number of aliphatic hydroxyl groups is 1. The lowest BCUT2D eigenvalue weighted by Gasteiger charge is -2.35. The minimum Gasteiger partial charge on any atom is -0.390 e. The van der Waals surface area contributed by atoms with Gasteiger partial charge in [-0.1, -0.05) is 0 Å². The molecular formula is C9H12N2O2. The number of carbonyl (C=O) groups excluding carboxylic acids is 1. The van der Waals surface area contributed by atoms with Crippen LogP contribution in [-0.4, -0.2) is 40.5 Å². The van der Waals surface area contributed by atoms with Crippen molar-refractivity contribution in [3.05, 3.63) is 23.5 Å². The molecule has 0 radical (unpaired) electrons. The van der Waals surface area contributed by atoms with Gasteiger partial charge >= 0.3 is 0 Å². The second-order valence-electron chi connectivity index (χ2n) is 3.40. The van der Waals surface area contributed by atoms with E-state index in [-0.39, 0.29) is 6.10 Å². The van der Waals surface area contributed by atoms with E-state index in [1.54, 1.807) is 6.20 Å². The van der Waals surface area contributed by atoms with Gasteiger partial charge in [0.15, 0.2) is 6.29 Å². The van der Waals surface area contributed by atoms with Crippen LogP contribution >= 0.6 is 0 Å². The number of likely N-dealkylation sites (tertiary alicyclic amines) is 1. The van der Waals surface area contributed by atoms with Crippen LogP contribution in [-0.2, 0) is 6.54 Å². The Bertz CT molecular complexity index is 302. The normalized spacial score (nSPS) is 18.5. The summed E-state index contributed by atoms with van der Waals surface area (Å²) < 4.78 is 0. The van der Waals surface area contributed by atoms with Gasteiger partial charge in [0.25, 0.3) is 0 Å². The van der Waals surface area contributed by atoms with Crippen molar-refractivity contribution in [3.8, 4) is 0 Å². The Balaban J connectivity index is 1.97. The van der Waals surface area contributed by atoms with Crippen molar-refractivity contribution in [2.75, 3.05) is 13.1 Å². The second-order valence-corrected chi connectivity index (χ2v) is 3.40. The predicted octanol–water partition coefficient (Wildman–Crippen LogP) is 0.00370. The number of H-pyrrole nitrogens is 1. The fraction of sp³-hybridized carbons (Fsp3) is 0.444. The Morgan fingerprint density at radius 1 is 1.62 bits per heavy atom. The Morgan fingerprint density at radius 2 is 2.38 bits per heavy atom. The maximum atomic E-state index is 10.6. The molecule has 0 amide bonds. The number of aromatic nitrogens is 1. The molecule has 4 nitrogen and oxygen atoms in total. The first kappa shape index (κ1) is 8.47. The van der Waals surface area contributed by atoms with E-state index < -0.39 is 0 Å². The van der Waals surface area contributed by atoms with Gasteiger partial charge in [-0.05, 0) is 5.56 Å². The zero-order valence-electron chi connectivity index (χ0n) is 7.23. The summed E-state index contributed by atoms with van der Waals surface area (Å²) in [7, 11) is 0. The molecule has 1 aliphatic rings. The lowest BCUT2D eigenvalue weighted by Crippen LogP contribution is -2.49. The first-order chi connectivity index (χ1) is 6.29. The summed E-state index contributed by atoms with van der Waals surface area (Å²) in [4.78, 5) is 15.5. The maximum Gasteiger partial charge on any atom is 0.151 e. The van der Waals surface area contributed by atoms with Crippen LogP contribution in [0.5, 0.6) is 0 Å². The fourth-order valence-corrected chi connectivity index (χ4v) is 1.57. The van der Waals surface area contributed by atoms with Crippen LogP contribution in [0.4, 0.5) is 0 Å². The Labute approximate surface area is 76.2 Å². The molecule has 4 heteroatoms. The molecule has 0 spiro atoms. The molecule has 0 saturated carbocycles. The molecule has 1 fully saturated rings. The summed E-state index contributed by atoms with van der Waals surface area (Å²) in [5, 5.41) is 9.05. The topological polar surface area (TPSA) is 56.3 Å². The van der Waals surface area contributed by atoms with Gasteiger partial charge in [-0.3, -0.25) is 9.69 Å². The van der Waals surface area contributed by atoms with Crippen molar-refractivity contribution in [1.82, 2.24) is 9.88 Å². The maximum absolute atomic E-state index is 10.6. The number of hydrogen-bond donors (Lipinski definition) is 2. The molecule has 1 aromatic heterocycles. The number of nitrogens with zero attached hydrogens (tertiary/aromatic N) is 1. The molecule has 1 saturated heterocycles.